The number of hydrogen-bond acceptors (Lipinski definition) is 3. The summed E-state index contributed by atoms with van der Waals surface area (Å²) in [5.41, 5.74) is 1.17. The molecule has 0 aromatic heterocycles. The van der Waals surface area contributed by atoms with Gasteiger partial charge in [-0.2, -0.15) is 0 Å². The van der Waals surface area contributed by atoms with Crippen LogP contribution in [0.1, 0.15) is 37.7 Å². The van der Waals surface area contributed by atoms with Gasteiger partial charge in [0.15, 0.2) is 0 Å². The average molecular weight is 308 g/mol. The maximum Gasteiger partial charge on any atom is 0.311 e. The fraction of sp³-hybridized carbons (Fsp3) is 0.588. The van der Waals surface area contributed by atoms with E-state index in [1.165, 1.54) is 12.0 Å². The predicted octanol–water partition coefficient (Wildman–Crippen LogP) is 3.47. The Labute approximate surface area is 131 Å². The number of ether oxygens (including phenoxy) is 1. The van der Waals surface area contributed by atoms with Gasteiger partial charge in [0.25, 0.3) is 0 Å². The molecule has 0 radical (unpaired) electrons. The highest BCUT2D eigenvalue weighted by molar-refractivity contribution is 6.30. The first-order valence-corrected chi connectivity index (χ1v) is 8.13. The number of benzene rings is 1. The molecule has 0 N–H and O–H groups in total. The summed E-state index contributed by atoms with van der Waals surface area (Å²) in [7, 11) is 2.14. The molecule has 3 nitrogen and oxygen atoms in total. The number of piperidine rings is 1. The van der Waals surface area contributed by atoms with Crippen LogP contribution in [0.15, 0.2) is 24.3 Å². The highest BCUT2D eigenvalue weighted by atomic mass is 35.5. The Balaban J connectivity index is 1.95. The summed E-state index contributed by atoms with van der Waals surface area (Å²) < 4.78 is 5.36. The summed E-state index contributed by atoms with van der Waals surface area (Å²) in [5, 5.41) is 0.737. The number of carbonyl (C=O) groups excluding carboxylic acids is 1. The zero-order valence-corrected chi connectivity index (χ0v) is 13.3. The van der Waals surface area contributed by atoms with E-state index < -0.39 is 0 Å². The highest BCUT2D eigenvalue weighted by Gasteiger charge is 2.49. The molecule has 21 heavy (non-hydrogen) atoms. The molecule has 2 saturated heterocycles. The van der Waals surface area contributed by atoms with Crippen molar-refractivity contribution in [2.24, 2.45) is 5.92 Å². The number of halogens is 1. The first-order chi connectivity index (χ1) is 10.1. The minimum absolute atomic E-state index is 0.0559. The van der Waals surface area contributed by atoms with Crippen LogP contribution in [-0.4, -0.2) is 36.6 Å². The molecular formula is C17H22ClNO2. The summed E-state index contributed by atoms with van der Waals surface area (Å²) >= 11 is 6.14. The van der Waals surface area contributed by atoms with Gasteiger partial charge in [-0.15, -0.1) is 0 Å². The Hall–Kier alpha value is -1.06. The van der Waals surface area contributed by atoms with Crippen molar-refractivity contribution in [1.29, 1.82) is 0 Å². The van der Waals surface area contributed by atoms with E-state index in [1.807, 2.05) is 25.1 Å². The van der Waals surface area contributed by atoms with E-state index in [2.05, 4.69) is 18.0 Å². The molecule has 2 bridgehead atoms. The Kier molecular flexibility index (Phi) is 4.23. The number of rotatable bonds is 3. The lowest BCUT2D eigenvalue weighted by molar-refractivity contribution is -0.152. The fourth-order valence-electron chi connectivity index (χ4n) is 4.11. The lowest BCUT2D eigenvalue weighted by atomic mass is 9.76. The molecule has 2 fully saturated rings. The molecule has 3 rings (SSSR count). The quantitative estimate of drug-likeness (QED) is 0.801. The van der Waals surface area contributed by atoms with Gasteiger partial charge in [-0.05, 0) is 50.9 Å². The summed E-state index contributed by atoms with van der Waals surface area (Å²) in [4.78, 5) is 14.9. The van der Waals surface area contributed by atoms with Gasteiger partial charge in [0.05, 0.1) is 12.5 Å². The van der Waals surface area contributed by atoms with Crippen LogP contribution < -0.4 is 0 Å². The minimum Gasteiger partial charge on any atom is -0.466 e. The molecule has 3 unspecified atom stereocenters. The lowest BCUT2D eigenvalue weighted by Gasteiger charge is -2.41. The van der Waals surface area contributed by atoms with Crippen molar-refractivity contribution in [2.45, 2.75) is 44.2 Å². The van der Waals surface area contributed by atoms with Crippen molar-refractivity contribution in [3.8, 4) is 0 Å². The molecule has 1 aromatic carbocycles. The molecule has 1 aromatic rings. The van der Waals surface area contributed by atoms with Crippen LogP contribution in [-0.2, 0) is 9.53 Å². The monoisotopic (exact) mass is 307 g/mol. The van der Waals surface area contributed by atoms with Crippen molar-refractivity contribution in [3.05, 3.63) is 34.9 Å². The van der Waals surface area contributed by atoms with Crippen molar-refractivity contribution in [3.63, 3.8) is 0 Å². The maximum absolute atomic E-state index is 12.5. The van der Waals surface area contributed by atoms with Gasteiger partial charge in [-0.25, -0.2) is 0 Å². The average Bonchev–Trinajstić information content (AvgIpc) is 2.71. The predicted molar refractivity (Wildman–Crippen MR) is 83.5 cm³/mol. The number of hydrogen-bond donors (Lipinski definition) is 0. The van der Waals surface area contributed by atoms with E-state index in [0.717, 1.165) is 17.9 Å². The fourth-order valence-corrected chi connectivity index (χ4v) is 4.31. The largest absolute Gasteiger partial charge is 0.466 e. The van der Waals surface area contributed by atoms with E-state index in [4.69, 9.17) is 16.3 Å². The molecule has 0 spiro atoms. The van der Waals surface area contributed by atoms with E-state index in [-0.39, 0.29) is 17.8 Å². The molecule has 4 atom stereocenters. The Bertz CT molecular complexity index is 533. The van der Waals surface area contributed by atoms with Crippen molar-refractivity contribution in [1.82, 2.24) is 4.90 Å². The molecule has 114 valence electrons. The van der Waals surface area contributed by atoms with Crippen molar-refractivity contribution < 1.29 is 9.53 Å². The normalized spacial score (nSPS) is 32.1. The third-order valence-electron chi connectivity index (χ3n) is 5.10. The summed E-state index contributed by atoms with van der Waals surface area (Å²) in [6, 6.07) is 8.82. The van der Waals surface area contributed by atoms with Gasteiger partial charge < -0.3 is 4.74 Å². The molecule has 0 aliphatic carbocycles. The molecule has 2 heterocycles. The van der Waals surface area contributed by atoms with E-state index in [9.17, 15) is 4.79 Å². The van der Waals surface area contributed by atoms with Crippen LogP contribution in [0.3, 0.4) is 0 Å². The van der Waals surface area contributed by atoms with Gasteiger partial charge in [-0.1, -0.05) is 23.7 Å². The number of nitrogens with zero attached hydrogens (tertiary/aromatic N) is 1. The van der Waals surface area contributed by atoms with Gasteiger partial charge in [0.1, 0.15) is 0 Å². The topological polar surface area (TPSA) is 29.5 Å². The summed E-state index contributed by atoms with van der Waals surface area (Å²) in [6.07, 6.45) is 3.27. The van der Waals surface area contributed by atoms with E-state index in [0.29, 0.717) is 18.7 Å². The Morgan fingerprint density at radius 3 is 2.95 bits per heavy atom. The van der Waals surface area contributed by atoms with Crippen LogP contribution >= 0.6 is 11.6 Å². The van der Waals surface area contributed by atoms with Crippen molar-refractivity contribution >= 4 is 17.6 Å². The highest BCUT2D eigenvalue weighted by Crippen LogP contribution is 2.46. The molecule has 2 aliphatic heterocycles. The zero-order valence-electron chi connectivity index (χ0n) is 12.6. The molecule has 2 aliphatic rings. The van der Waals surface area contributed by atoms with Gasteiger partial charge in [-0.3, -0.25) is 9.69 Å². The van der Waals surface area contributed by atoms with Gasteiger partial charge in [0, 0.05) is 23.0 Å². The maximum atomic E-state index is 12.5. The SMILES string of the molecule is CCOC(=O)C1C2CCC(C[C@H]1c1cccc(Cl)c1)N2C. The van der Waals surface area contributed by atoms with Gasteiger partial charge in [0.2, 0.25) is 0 Å². The van der Waals surface area contributed by atoms with E-state index >= 15 is 0 Å². The Morgan fingerprint density at radius 2 is 2.24 bits per heavy atom. The lowest BCUT2D eigenvalue weighted by Crippen LogP contribution is -2.49. The second-order valence-corrected chi connectivity index (χ2v) is 6.58. The van der Waals surface area contributed by atoms with Crippen LogP contribution in [0, 0.1) is 5.92 Å². The van der Waals surface area contributed by atoms with Crippen molar-refractivity contribution in [2.75, 3.05) is 13.7 Å². The zero-order chi connectivity index (χ0) is 15.0. The second-order valence-electron chi connectivity index (χ2n) is 6.14. The number of esters is 1. The first kappa shape index (κ1) is 14.9. The standard InChI is InChI=1S/C17H22ClNO2/c1-3-21-17(20)16-14(11-5-4-6-12(18)9-11)10-13-7-8-15(16)19(13)2/h4-6,9,13-16H,3,7-8,10H2,1-2H3/t13?,14-,15?,16?/m0/s1. The first-order valence-electron chi connectivity index (χ1n) is 7.76. The van der Waals surface area contributed by atoms with Gasteiger partial charge >= 0.3 is 5.97 Å². The van der Waals surface area contributed by atoms with E-state index in [1.54, 1.807) is 0 Å². The number of fused-ring (bicyclic) bond motifs is 2. The van der Waals surface area contributed by atoms with Crippen LogP contribution in [0.4, 0.5) is 0 Å². The third kappa shape index (κ3) is 2.69. The van der Waals surface area contributed by atoms with Crippen LogP contribution in [0.5, 0.6) is 0 Å². The number of carbonyl (C=O) groups is 1. The van der Waals surface area contributed by atoms with Crippen LogP contribution in [0.2, 0.25) is 5.02 Å². The third-order valence-corrected chi connectivity index (χ3v) is 5.34. The van der Waals surface area contributed by atoms with Crippen LogP contribution in [0.25, 0.3) is 0 Å². The molecule has 0 saturated carbocycles. The molecule has 0 amide bonds. The Morgan fingerprint density at radius 1 is 1.43 bits per heavy atom. The second kappa shape index (κ2) is 5.98. The summed E-state index contributed by atoms with van der Waals surface area (Å²) in [5.74, 6) is 0.0864. The summed E-state index contributed by atoms with van der Waals surface area (Å²) in [6.45, 7) is 2.31. The molecular weight excluding hydrogens is 286 g/mol. The minimum atomic E-state index is -0.0767. The molecule has 4 heteroatoms. The smallest absolute Gasteiger partial charge is 0.311 e.